The summed E-state index contributed by atoms with van der Waals surface area (Å²) in [4.78, 5) is 0. The van der Waals surface area contributed by atoms with E-state index in [2.05, 4.69) is 73.4 Å². The molecule has 1 aliphatic rings. The van der Waals surface area contributed by atoms with Gasteiger partial charge in [0.2, 0.25) is 0 Å². The average molecular weight is 433 g/mol. The quantitative estimate of drug-likeness (QED) is 0.209. The smallest absolute Gasteiger partial charge is 0.0905 e. The summed E-state index contributed by atoms with van der Waals surface area (Å²) in [7, 11) is -0.828. The van der Waals surface area contributed by atoms with Gasteiger partial charge in [-0.05, 0) is 46.2 Å². The van der Waals surface area contributed by atoms with Crippen molar-refractivity contribution in [3.8, 4) is 15.6 Å². The van der Waals surface area contributed by atoms with E-state index in [0.717, 1.165) is 0 Å². The summed E-state index contributed by atoms with van der Waals surface area (Å²) in [6.45, 7) is 4.65. The van der Waals surface area contributed by atoms with Crippen molar-refractivity contribution in [2.75, 3.05) is 0 Å². The second kappa shape index (κ2) is 10.2. The van der Waals surface area contributed by atoms with Crippen LogP contribution in [0.4, 0.5) is 0 Å². The fourth-order valence-electron chi connectivity index (χ4n) is 5.55. The maximum Gasteiger partial charge on any atom is 0.0905 e. The highest BCUT2D eigenvalue weighted by molar-refractivity contribution is 7.19. The van der Waals surface area contributed by atoms with Gasteiger partial charge in [-0.3, -0.25) is 0 Å². The Hall–Kier alpha value is -1.51. The second-order valence-corrected chi connectivity index (χ2v) is 12.5. The SMILES string of the molecule is CCCCCCC1(CCCCCC)c2ccccc2-c2ccc[si](-c3cccs3)c21. The molecule has 0 unspecified atom stereocenters. The lowest BCUT2D eigenvalue weighted by molar-refractivity contribution is 0.405. The van der Waals surface area contributed by atoms with E-state index in [4.69, 9.17) is 0 Å². The van der Waals surface area contributed by atoms with Crippen molar-refractivity contribution < 1.29 is 0 Å². The molecule has 2 heteroatoms. The molecule has 3 aromatic rings. The molecule has 0 radical (unpaired) electrons. The Bertz CT molecular complexity index is 929. The van der Waals surface area contributed by atoms with Crippen LogP contribution in [-0.2, 0) is 5.41 Å². The molecule has 0 saturated carbocycles. The molecule has 2 aromatic heterocycles. The van der Waals surface area contributed by atoms with E-state index in [1.807, 2.05) is 16.5 Å². The van der Waals surface area contributed by atoms with E-state index in [9.17, 15) is 0 Å². The third-order valence-corrected chi connectivity index (χ3v) is 11.2. The first-order chi connectivity index (χ1) is 14.8. The lowest BCUT2D eigenvalue weighted by Crippen LogP contribution is -2.29. The number of fused-ring (bicyclic) bond motifs is 3. The Morgan fingerprint density at radius 1 is 0.733 bits per heavy atom. The summed E-state index contributed by atoms with van der Waals surface area (Å²) in [5, 5.41) is 4.08. The molecular weight excluding hydrogens is 396 g/mol. The van der Waals surface area contributed by atoms with Gasteiger partial charge in [0.05, 0.1) is 8.40 Å². The van der Waals surface area contributed by atoms with E-state index in [1.54, 1.807) is 15.6 Å². The molecule has 0 amide bonds. The van der Waals surface area contributed by atoms with E-state index in [-0.39, 0.29) is 5.41 Å². The van der Waals surface area contributed by atoms with Crippen LogP contribution in [-0.4, -0.2) is 8.40 Å². The highest BCUT2D eigenvalue weighted by Gasteiger charge is 2.43. The number of thiophene rings is 1. The third kappa shape index (κ3) is 4.14. The predicted molar refractivity (Wildman–Crippen MR) is 135 cm³/mol. The van der Waals surface area contributed by atoms with Gasteiger partial charge < -0.3 is 0 Å². The molecule has 1 aliphatic carbocycles. The van der Waals surface area contributed by atoms with Crippen LogP contribution >= 0.6 is 11.3 Å². The summed E-state index contributed by atoms with van der Waals surface area (Å²) in [5.41, 5.74) is 7.56. The van der Waals surface area contributed by atoms with E-state index >= 15 is 0 Å². The van der Waals surface area contributed by atoms with Gasteiger partial charge in [-0.2, -0.15) is 0 Å². The molecule has 0 fully saturated rings. The van der Waals surface area contributed by atoms with Crippen molar-refractivity contribution in [1.82, 2.24) is 0 Å². The Morgan fingerprint density at radius 2 is 1.43 bits per heavy atom. The zero-order valence-electron chi connectivity index (χ0n) is 18.8. The Balaban J connectivity index is 1.83. The van der Waals surface area contributed by atoms with Crippen molar-refractivity contribution in [2.45, 2.75) is 83.5 Å². The number of hydrogen-bond acceptors (Lipinski definition) is 1. The minimum Gasteiger partial charge on any atom is -0.149 e. The van der Waals surface area contributed by atoms with Gasteiger partial charge in [-0.25, -0.2) is 0 Å². The van der Waals surface area contributed by atoms with Crippen molar-refractivity contribution >= 4 is 19.7 Å². The van der Waals surface area contributed by atoms with Crippen LogP contribution in [0.3, 0.4) is 0 Å². The molecule has 158 valence electrons. The summed E-state index contributed by atoms with van der Waals surface area (Å²) < 4.78 is 1.61. The molecule has 0 nitrogen and oxygen atoms in total. The minimum atomic E-state index is -0.828. The van der Waals surface area contributed by atoms with Gasteiger partial charge in [-0.1, -0.05) is 113 Å². The van der Waals surface area contributed by atoms with Gasteiger partial charge in [0, 0.05) is 9.92 Å². The maximum absolute atomic E-state index is 2.56. The molecule has 2 heterocycles. The maximum atomic E-state index is 2.56. The summed E-state index contributed by atoms with van der Waals surface area (Å²) in [5.74, 6) is 0. The molecule has 0 spiro atoms. The third-order valence-electron chi connectivity index (χ3n) is 6.98. The van der Waals surface area contributed by atoms with E-state index < -0.39 is 8.40 Å². The second-order valence-electron chi connectivity index (χ2n) is 8.95. The summed E-state index contributed by atoms with van der Waals surface area (Å²) in [6, 6.07) is 18.8. The number of benzene rings is 1. The number of hydrogen-bond donors (Lipinski definition) is 0. The lowest BCUT2D eigenvalue weighted by atomic mass is 9.73. The molecule has 0 bridgehead atoms. The van der Waals surface area contributed by atoms with Crippen LogP contribution in [0.25, 0.3) is 15.6 Å². The largest absolute Gasteiger partial charge is 0.149 e. The van der Waals surface area contributed by atoms with Gasteiger partial charge in [0.1, 0.15) is 0 Å². The van der Waals surface area contributed by atoms with Crippen molar-refractivity contribution in [2.24, 2.45) is 0 Å². The molecule has 0 saturated heterocycles. The number of unbranched alkanes of at least 4 members (excludes halogenated alkanes) is 6. The Morgan fingerprint density at radius 3 is 2.10 bits per heavy atom. The van der Waals surface area contributed by atoms with Gasteiger partial charge >= 0.3 is 0 Å². The van der Waals surface area contributed by atoms with Crippen LogP contribution in [0.15, 0.2) is 59.6 Å². The first kappa shape index (κ1) is 21.7. The number of rotatable bonds is 11. The standard InChI is InChI=1S/C28H36SSi/c1-3-5-7-11-19-28(20-12-8-6-4-2)25-17-10-9-15-23(25)24-16-14-22-30(27(24)28)26-18-13-21-29-26/h9-10,13-18,21-22H,3-8,11-12,19-20H2,1-2H3. The fraction of sp³-hybridized carbons (Fsp3) is 0.464. The van der Waals surface area contributed by atoms with E-state index in [1.165, 1.54) is 69.8 Å². The molecule has 1 aromatic carbocycles. The molecule has 0 N–H and O–H groups in total. The van der Waals surface area contributed by atoms with Crippen LogP contribution in [0.5, 0.6) is 0 Å². The predicted octanol–water partition coefficient (Wildman–Crippen LogP) is 8.97. The highest BCUT2D eigenvalue weighted by atomic mass is 32.1. The Kier molecular flexibility index (Phi) is 7.38. The monoisotopic (exact) mass is 432 g/mol. The van der Waals surface area contributed by atoms with Gasteiger partial charge in [0.25, 0.3) is 0 Å². The molecule has 4 rings (SSSR count). The van der Waals surface area contributed by atoms with Crippen molar-refractivity contribution in [3.05, 3.63) is 70.3 Å². The minimum absolute atomic E-state index is 0.257. The average Bonchev–Trinajstić information content (AvgIpc) is 3.41. The first-order valence-electron chi connectivity index (χ1n) is 12.1. The summed E-state index contributed by atoms with van der Waals surface area (Å²) in [6.07, 6.45) is 13.5. The zero-order valence-corrected chi connectivity index (χ0v) is 20.6. The van der Waals surface area contributed by atoms with Crippen molar-refractivity contribution in [1.29, 1.82) is 0 Å². The zero-order chi connectivity index (χ0) is 20.8. The fourth-order valence-corrected chi connectivity index (χ4v) is 9.78. The molecular formula is C28H36SSi. The topological polar surface area (TPSA) is 0 Å². The normalized spacial score (nSPS) is 13.9. The molecule has 0 atom stereocenters. The van der Waals surface area contributed by atoms with Gasteiger partial charge in [-0.15, -0.1) is 11.3 Å². The first-order valence-corrected chi connectivity index (χ1v) is 14.5. The van der Waals surface area contributed by atoms with Crippen molar-refractivity contribution in [3.63, 3.8) is 0 Å². The van der Waals surface area contributed by atoms with Crippen LogP contribution in [0, 0.1) is 0 Å². The van der Waals surface area contributed by atoms with Crippen LogP contribution in [0.1, 0.15) is 88.8 Å². The summed E-state index contributed by atoms with van der Waals surface area (Å²) >= 11 is 1.97. The lowest BCUT2D eigenvalue weighted by Gasteiger charge is -2.34. The van der Waals surface area contributed by atoms with Crippen LogP contribution < -0.4 is 0 Å². The molecule has 0 aliphatic heterocycles. The molecule has 30 heavy (non-hydrogen) atoms. The van der Waals surface area contributed by atoms with Gasteiger partial charge in [0.15, 0.2) is 0 Å². The Labute approximate surface area is 188 Å². The highest BCUT2D eigenvalue weighted by Crippen LogP contribution is 2.54. The van der Waals surface area contributed by atoms with E-state index in [0.29, 0.717) is 0 Å². The van der Waals surface area contributed by atoms with Crippen LogP contribution in [0.2, 0.25) is 0 Å².